The van der Waals surface area contributed by atoms with E-state index in [9.17, 15) is 0 Å². The number of fused-ring (bicyclic) bond motifs is 2. The van der Waals surface area contributed by atoms with Gasteiger partial charge in [-0.05, 0) is 25.4 Å². The molecule has 0 saturated carbocycles. The highest BCUT2D eigenvalue weighted by molar-refractivity contribution is 7.99. The van der Waals surface area contributed by atoms with E-state index < -0.39 is 5.79 Å². The number of imidazole rings is 1. The monoisotopic (exact) mass is 346 g/mol. The fraction of sp³-hybridized carbons (Fsp3) is 0.583. The Morgan fingerprint density at radius 2 is 2.14 bits per heavy atom. The van der Waals surface area contributed by atoms with Gasteiger partial charge >= 0.3 is 0 Å². The Labute approximate surface area is 135 Å². The van der Waals surface area contributed by atoms with E-state index >= 15 is 0 Å². The van der Waals surface area contributed by atoms with Crippen molar-refractivity contribution in [2.24, 2.45) is 0 Å². The van der Waals surface area contributed by atoms with Crippen LogP contribution in [0.4, 0.5) is 0 Å². The maximum atomic E-state index is 6.06. The van der Waals surface area contributed by atoms with Gasteiger partial charge in [0.05, 0.1) is 12.4 Å². The van der Waals surface area contributed by atoms with Crippen molar-refractivity contribution < 1.29 is 9.47 Å². The molecule has 0 N–H and O–H groups in total. The lowest BCUT2D eigenvalue weighted by Gasteiger charge is -2.22. The lowest BCUT2D eigenvalue weighted by Crippen LogP contribution is -2.26. The number of halogens is 2. The Balaban J connectivity index is 1.77. The molecule has 2 aliphatic rings. The SMILES string of the molecule is CC1(C)O[C@H]2[C@H](n3cnc4c(Cl)nc(Cl)nc43)SC[C@H]2O1. The fourth-order valence-corrected chi connectivity index (χ4v) is 4.61. The van der Waals surface area contributed by atoms with Crippen molar-refractivity contribution in [2.75, 3.05) is 5.75 Å². The lowest BCUT2D eigenvalue weighted by atomic mass is 10.2. The molecule has 3 atom stereocenters. The van der Waals surface area contributed by atoms with Crippen LogP contribution < -0.4 is 0 Å². The van der Waals surface area contributed by atoms with Gasteiger partial charge in [0.25, 0.3) is 0 Å². The summed E-state index contributed by atoms with van der Waals surface area (Å²) in [4.78, 5) is 12.5. The second kappa shape index (κ2) is 4.70. The molecule has 2 aromatic rings. The van der Waals surface area contributed by atoms with Crippen molar-refractivity contribution in [3.8, 4) is 0 Å². The average molecular weight is 347 g/mol. The topological polar surface area (TPSA) is 62.1 Å². The summed E-state index contributed by atoms with van der Waals surface area (Å²) in [6.07, 6.45) is 1.73. The molecule has 0 aliphatic carbocycles. The maximum absolute atomic E-state index is 6.06. The van der Waals surface area contributed by atoms with Gasteiger partial charge in [-0.25, -0.2) is 9.97 Å². The van der Waals surface area contributed by atoms with Crippen molar-refractivity contribution in [2.45, 2.75) is 37.2 Å². The third-order valence-electron chi connectivity index (χ3n) is 3.56. The minimum atomic E-state index is -0.560. The Bertz CT molecular complexity index is 723. The highest BCUT2D eigenvalue weighted by Gasteiger charge is 2.50. The highest BCUT2D eigenvalue weighted by atomic mass is 35.5. The second-order valence-electron chi connectivity index (χ2n) is 5.47. The lowest BCUT2D eigenvalue weighted by molar-refractivity contribution is -0.146. The zero-order valence-electron chi connectivity index (χ0n) is 11.3. The van der Waals surface area contributed by atoms with Gasteiger partial charge < -0.3 is 9.47 Å². The van der Waals surface area contributed by atoms with Gasteiger partial charge in [0.15, 0.2) is 16.6 Å². The number of aromatic nitrogens is 4. The number of rotatable bonds is 1. The molecule has 9 heteroatoms. The molecular weight excluding hydrogens is 335 g/mol. The van der Waals surface area contributed by atoms with E-state index in [0.29, 0.717) is 11.2 Å². The zero-order chi connectivity index (χ0) is 14.8. The molecule has 112 valence electrons. The molecule has 4 rings (SSSR count). The second-order valence-corrected chi connectivity index (χ2v) is 7.32. The van der Waals surface area contributed by atoms with Crippen LogP contribution in [-0.2, 0) is 9.47 Å². The molecule has 6 nitrogen and oxygen atoms in total. The van der Waals surface area contributed by atoms with E-state index in [1.807, 2.05) is 18.4 Å². The number of nitrogens with zero attached hydrogens (tertiary/aromatic N) is 4. The third-order valence-corrected chi connectivity index (χ3v) is 5.35. The fourth-order valence-electron chi connectivity index (χ4n) is 2.80. The van der Waals surface area contributed by atoms with Gasteiger partial charge in [-0.2, -0.15) is 4.98 Å². The zero-order valence-corrected chi connectivity index (χ0v) is 13.6. The summed E-state index contributed by atoms with van der Waals surface area (Å²) in [7, 11) is 0. The van der Waals surface area contributed by atoms with Crippen LogP contribution in [0.1, 0.15) is 19.2 Å². The van der Waals surface area contributed by atoms with Crippen molar-refractivity contribution >= 4 is 46.1 Å². The van der Waals surface area contributed by atoms with Crippen LogP contribution in [0, 0.1) is 0 Å². The minimum absolute atomic E-state index is 0.0313. The maximum Gasteiger partial charge on any atom is 0.225 e. The van der Waals surface area contributed by atoms with Gasteiger partial charge in [-0.1, -0.05) is 11.6 Å². The van der Waals surface area contributed by atoms with E-state index in [0.717, 1.165) is 5.75 Å². The van der Waals surface area contributed by atoms with Crippen LogP contribution in [0.3, 0.4) is 0 Å². The van der Waals surface area contributed by atoms with Crippen LogP contribution in [0.15, 0.2) is 6.33 Å². The van der Waals surface area contributed by atoms with Gasteiger partial charge in [0.2, 0.25) is 5.28 Å². The van der Waals surface area contributed by atoms with Gasteiger partial charge in [0.1, 0.15) is 17.0 Å². The first kappa shape index (κ1) is 14.0. The molecule has 2 fully saturated rings. The van der Waals surface area contributed by atoms with Crippen LogP contribution in [-0.4, -0.2) is 43.3 Å². The molecule has 0 aromatic carbocycles. The minimum Gasteiger partial charge on any atom is -0.344 e. The first-order valence-electron chi connectivity index (χ1n) is 6.47. The van der Waals surface area contributed by atoms with Crippen molar-refractivity contribution in [1.82, 2.24) is 19.5 Å². The Morgan fingerprint density at radius 3 is 2.95 bits per heavy atom. The molecule has 2 aliphatic heterocycles. The van der Waals surface area contributed by atoms with Crippen LogP contribution in [0.2, 0.25) is 10.4 Å². The molecule has 2 aromatic heterocycles. The Morgan fingerprint density at radius 1 is 1.33 bits per heavy atom. The molecule has 21 heavy (non-hydrogen) atoms. The highest BCUT2D eigenvalue weighted by Crippen LogP contribution is 2.47. The smallest absolute Gasteiger partial charge is 0.225 e. The summed E-state index contributed by atoms with van der Waals surface area (Å²) in [6.45, 7) is 3.85. The van der Waals surface area contributed by atoms with Crippen LogP contribution >= 0.6 is 35.0 Å². The number of ether oxygens (including phenoxy) is 2. The van der Waals surface area contributed by atoms with Gasteiger partial charge in [-0.15, -0.1) is 11.8 Å². The normalized spacial score (nSPS) is 31.0. The largest absolute Gasteiger partial charge is 0.344 e. The molecule has 4 heterocycles. The van der Waals surface area contributed by atoms with E-state index in [2.05, 4.69) is 15.0 Å². The van der Waals surface area contributed by atoms with E-state index in [1.54, 1.807) is 18.1 Å². The molecule has 2 saturated heterocycles. The molecule has 0 amide bonds. The standard InChI is InChI=1S/C12H12Cl2N4O2S/c1-12(2)19-5-3-21-10(7(5)20-12)18-4-15-6-8(13)16-11(14)17-9(6)18/h4-5,7,10H,3H2,1-2H3/t5-,7-,10-/m1/s1. The predicted octanol–water partition coefficient (Wildman–Crippen LogP) is 2.90. The van der Waals surface area contributed by atoms with Crippen molar-refractivity contribution in [3.63, 3.8) is 0 Å². The quantitative estimate of drug-likeness (QED) is 0.584. The average Bonchev–Trinajstić information content (AvgIpc) is 3.00. The molecule has 0 spiro atoms. The van der Waals surface area contributed by atoms with E-state index in [-0.39, 0.29) is 28.0 Å². The summed E-state index contributed by atoms with van der Waals surface area (Å²) in [5.74, 6) is 0.306. The third kappa shape index (κ3) is 2.22. The van der Waals surface area contributed by atoms with Crippen molar-refractivity contribution in [3.05, 3.63) is 16.8 Å². The Kier molecular flexibility index (Phi) is 3.14. The van der Waals surface area contributed by atoms with Crippen molar-refractivity contribution in [1.29, 1.82) is 0 Å². The first-order chi connectivity index (χ1) is 9.94. The first-order valence-corrected chi connectivity index (χ1v) is 8.28. The summed E-state index contributed by atoms with van der Waals surface area (Å²) < 4.78 is 13.9. The van der Waals surface area contributed by atoms with E-state index in [1.165, 1.54) is 0 Å². The van der Waals surface area contributed by atoms with Crippen LogP contribution in [0.25, 0.3) is 11.2 Å². The van der Waals surface area contributed by atoms with E-state index in [4.69, 9.17) is 32.7 Å². The Hall–Kier alpha value is -0.600. The molecular formula is C12H12Cl2N4O2S. The summed E-state index contributed by atoms with van der Waals surface area (Å²) in [5.41, 5.74) is 1.16. The predicted molar refractivity (Wildman–Crippen MR) is 80.7 cm³/mol. The number of hydrogen-bond acceptors (Lipinski definition) is 6. The summed E-state index contributed by atoms with van der Waals surface area (Å²) in [6, 6.07) is 0. The molecule has 0 bridgehead atoms. The molecule has 0 unspecified atom stereocenters. The number of hydrogen-bond donors (Lipinski definition) is 0. The van der Waals surface area contributed by atoms with Crippen LogP contribution in [0.5, 0.6) is 0 Å². The molecule has 0 radical (unpaired) electrons. The number of thioether (sulfide) groups is 1. The summed E-state index contributed by atoms with van der Waals surface area (Å²) >= 11 is 13.7. The van der Waals surface area contributed by atoms with Gasteiger partial charge in [-0.3, -0.25) is 4.57 Å². The van der Waals surface area contributed by atoms with Gasteiger partial charge in [0, 0.05) is 5.75 Å². The summed E-state index contributed by atoms with van der Waals surface area (Å²) in [5, 5.41) is 0.397.